The van der Waals surface area contributed by atoms with Gasteiger partial charge in [-0.3, -0.25) is 4.79 Å². The molecule has 0 radical (unpaired) electrons. The van der Waals surface area contributed by atoms with Gasteiger partial charge in [-0.05, 0) is 0 Å². The van der Waals surface area contributed by atoms with Crippen molar-refractivity contribution in [3.8, 4) is 0 Å². The van der Waals surface area contributed by atoms with Gasteiger partial charge in [0.15, 0.2) is 11.3 Å². The summed E-state index contributed by atoms with van der Waals surface area (Å²) in [6, 6.07) is 0. The molecule has 2 N–H and O–H groups in total. The number of thiocarbonyl (C=S) groups is 1. The molecule has 0 atom stereocenters. The second-order valence-electron chi connectivity index (χ2n) is 0.857. The van der Waals surface area contributed by atoms with Crippen LogP contribution >= 0.6 is 12.2 Å². The first-order chi connectivity index (χ1) is 3.31. The molecule has 7 heavy (non-hydrogen) atoms. The Kier molecular flexibility index (Phi) is 3.45. The lowest BCUT2D eigenvalue weighted by Crippen LogP contribution is -2.33. The van der Waals surface area contributed by atoms with E-state index in [9.17, 15) is 4.79 Å². The van der Waals surface area contributed by atoms with Crippen LogP contribution in [0.3, 0.4) is 0 Å². The summed E-state index contributed by atoms with van der Waals surface area (Å²) < 4.78 is 0. The van der Waals surface area contributed by atoms with Crippen LogP contribution in [-0.4, -0.2) is 18.3 Å². The molecule has 0 bridgehead atoms. The van der Waals surface area contributed by atoms with Crippen LogP contribution < -0.4 is 10.9 Å². The fourth-order valence-electron chi connectivity index (χ4n) is 0.153. The maximum atomic E-state index is 9.65. The minimum Gasteiger partial charge on any atom is -0.310 e. The largest absolute Gasteiger partial charge is 0.310 e. The zero-order valence-corrected chi connectivity index (χ0v) is 4.71. The summed E-state index contributed by atoms with van der Waals surface area (Å²) in [5.74, 6) is 0. The molecule has 0 rings (SSSR count). The summed E-state index contributed by atoms with van der Waals surface area (Å²) >= 11 is 4.41. The zero-order valence-electron chi connectivity index (χ0n) is 3.89. The molecule has 0 spiro atoms. The predicted octanol–water partition coefficient (Wildman–Crippen LogP) is -0.763. The number of hydrogen-bond donors (Lipinski definition) is 2. The van der Waals surface area contributed by atoms with Gasteiger partial charge >= 0.3 is 0 Å². The molecule has 0 unspecified atom stereocenters. The van der Waals surface area contributed by atoms with Gasteiger partial charge in [0, 0.05) is 7.05 Å². The molecule has 0 saturated carbocycles. The highest BCUT2D eigenvalue weighted by atomic mass is 32.1. The average Bonchev–Trinajstić information content (AvgIpc) is 1.68. The van der Waals surface area contributed by atoms with Gasteiger partial charge < -0.3 is 5.43 Å². The van der Waals surface area contributed by atoms with Crippen molar-refractivity contribution in [2.24, 2.45) is 0 Å². The highest BCUT2D eigenvalue weighted by Gasteiger charge is 1.82. The van der Waals surface area contributed by atoms with Gasteiger partial charge in [0.05, 0.1) is 0 Å². The fourth-order valence-corrected chi connectivity index (χ4v) is 0.255. The van der Waals surface area contributed by atoms with Gasteiger partial charge in [0.2, 0.25) is 0 Å². The Hall–Kier alpha value is -0.480. The van der Waals surface area contributed by atoms with Crippen molar-refractivity contribution in [3.05, 3.63) is 0 Å². The van der Waals surface area contributed by atoms with Crippen molar-refractivity contribution in [2.45, 2.75) is 0 Å². The SMILES string of the molecule is CNNC(=S)C=O. The fraction of sp³-hybridized carbons (Fsp3) is 0.333. The molecule has 0 amide bonds. The monoisotopic (exact) mass is 118 g/mol. The van der Waals surface area contributed by atoms with E-state index in [1.807, 2.05) is 0 Å². The molecule has 0 fully saturated rings. The number of hydrazine groups is 1. The van der Waals surface area contributed by atoms with E-state index in [1.54, 1.807) is 7.05 Å². The molecule has 0 aromatic rings. The minimum absolute atomic E-state index is 0.169. The first kappa shape index (κ1) is 6.52. The summed E-state index contributed by atoms with van der Waals surface area (Å²) in [4.78, 5) is 9.82. The number of carbonyl (C=O) groups excluding carboxylic acids is 1. The first-order valence-electron chi connectivity index (χ1n) is 1.73. The lowest BCUT2D eigenvalue weighted by Gasteiger charge is -1.94. The second kappa shape index (κ2) is 3.70. The van der Waals surface area contributed by atoms with E-state index in [4.69, 9.17) is 0 Å². The number of aldehydes is 1. The second-order valence-corrected chi connectivity index (χ2v) is 1.30. The van der Waals surface area contributed by atoms with Crippen molar-refractivity contribution in [1.29, 1.82) is 0 Å². The van der Waals surface area contributed by atoms with Crippen LogP contribution in [0.1, 0.15) is 0 Å². The quantitative estimate of drug-likeness (QED) is 0.284. The van der Waals surface area contributed by atoms with E-state index in [0.717, 1.165) is 0 Å². The van der Waals surface area contributed by atoms with Gasteiger partial charge in [-0.25, -0.2) is 5.43 Å². The van der Waals surface area contributed by atoms with Crippen molar-refractivity contribution in [1.82, 2.24) is 10.9 Å². The maximum Gasteiger partial charge on any atom is 0.178 e. The molecule has 40 valence electrons. The molecule has 0 aliphatic carbocycles. The first-order valence-corrected chi connectivity index (χ1v) is 2.14. The Balaban J connectivity index is 3.17. The maximum absolute atomic E-state index is 9.65. The molecule has 0 aromatic heterocycles. The zero-order chi connectivity index (χ0) is 5.70. The van der Waals surface area contributed by atoms with Crippen LogP contribution in [0.25, 0.3) is 0 Å². The van der Waals surface area contributed by atoms with Crippen molar-refractivity contribution < 1.29 is 4.79 Å². The molecule has 0 aliphatic heterocycles. The smallest absolute Gasteiger partial charge is 0.178 e. The van der Waals surface area contributed by atoms with Crippen molar-refractivity contribution >= 4 is 23.5 Å². The van der Waals surface area contributed by atoms with Crippen LogP contribution in [0.5, 0.6) is 0 Å². The van der Waals surface area contributed by atoms with Gasteiger partial charge in [-0.15, -0.1) is 0 Å². The Morgan fingerprint density at radius 2 is 2.43 bits per heavy atom. The number of rotatable bonds is 2. The average molecular weight is 118 g/mol. The normalized spacial score (nSPS) is 7.57. The van der Waals surface area contributed by atoms with Crippen molar-refractivity contribution in [2.75, 3.05) is 7.05 Å². The van der Waals surface area contributed by atoms with Crippen LogP contribution in [0.4, 0.5) is 0 Å². The lowest BCUT2D eigenvalue weighted by molar-refractivity contribution is -0.102. The van der Waals surface area contributed by atoms with E-state index < -0.39 is 0 Å². The van der Waals surface area contributed by atoms with Crippen LogP contribution in [0, 0.1) is 0 Å². The Labute approximate surface area is 47.1 Å². The summed E-state index contributed by atoms with van der Waals surface area (Å²) in [5.41, 5.74) is 4.90. The third kappa shape index (κ3) is 3.35. The number of nitrogens with one attached hydrogen (secondary N) is 2. The Morgan fingerprint density at radius 1 is 1.86 bits per heavy atom. The highest BCUT2D eigenvalue weighted by molar-refractivity contribution is 7.81. The van der Waals surface area contributed by atoms with E-state index in [-0.39, 0.29) is 4.99 Å². The minimum atomic E-state index is 0.169. The number of carbonyl (C=O) groups is 1. The standard InChI is InChI=1S/C3H6N2OS/c1-4-5-3(7)2-6/h2,4H,1H3,(H,5,7). The summed E-state index contributed by atoms with van der Waals surface area (Å²) in [5, 5.41) is 0. The summed E-state index contributed by atoms with van der Waals surface area (Å²) in [6.45, 7) is 0. The van der Waals surface area contributed by atoms with Gasteiger partial charge in [-0.1, -0.05) is 12.2 Å². The summed E-state index contributed by atoms with van der Waals surface area (Å²) in [7, 11) is 1.63. The molecule has 4 heteroatoms. The van der Waals surface area contributed by atoms with Crippen LogP contribution in [0.15, 0.2) is 0 Å². The number of hydrogen-bond acceptors (Lipinski definition) is 3. The molecule has 3 nitrogen and oxygen atoms in total. The Morgan fingerprint density at radius 3 is 2.57 bits per heavy atom. The third-order valence-corrected chi connectivity index (χ3v) is 0.554. The Bertz CT molecular complexity index is 83.0. The molecular formula is C3H6N2OS. The van der Waals surface area contributed by atoms with Gasteiger partial charge in [-0.2, -0.15) is 0 Å². The summed E-state index contributed by atoms with van der Waals surface area (Å²) in [6.07, 6.45) is 0.561. The van der Waals surface area contributed by atoms with Crippen LogP contribution in [0.2, 0.25) is 0 Å². The topological polar surface area (TPSA) is 41.1 Å². The van der Waals surface area contributed by atoms with Gasteiger partial charge in [0.25, 0.3) is 0 Å². The molecule has 0 aliphatic rings. The van der Waals surface area contributed by atoms with E-state index >= 15 is 0 Å². The predicted molar refractivity (Wildman–Crippen MR) is 30.9 cm³/mol. The van der Waals surface area contributed by atoms with Gasteiger partial charge in [0.1, 0.15) is 0 Å². The molecule has 0 heterocycles. The lowest BCUT2D eigenvalue weighted by atomic mass is 10.8. The van der Waals surface area contributed by atoms with E-state index in [2.05, 4.69) is 23.1 Å². The van der Waals surface area contributed by atoms with Crippen LogP contribution in [-0.2, 0) is 4.79 Å². The van der Waals surface area contributed by atoms with Crippen molar-refractivity contribution in [3.63, 3.8) is 0 Å². The van der Waals surface area contributed by atoms with E-state index in [0.29, 0.717) is 6.29 Å². The third-order valence-electron chi connectivity index (χ3n) is 0.355. The van der Waals surface area contributed by atoms with E-state index in [1.165, 1.54) is 0 Å². The molecule has 0 saturated heterocycles. The highest BCUT2D eigenvalue weighted by Crippen LogP contribution is 1.54. The molecule has 0 aromatic carbocycles. The molecular weight excluding hydrogens is 112 g/mol.